The summed E-state index contributed by atoms with van der Waals surface area (Å²) in [5.74, 6) is 0.828. The summed E-state index contributed by atoms with van der Waals surface area (Å²) in [6, 6.07) is 8.49. The van der Waals surface area contributed by atoms with E-state index in [1.54, 1.807) is 6.07 Å². The Kier molecular flexibility index (Phi) is 5.66. The van der Waals surface area contributed by atoms with E-state index < -0.39 is 5.82 Å². The van der Waals surface area contributed by atoms with Gasteiger partial charge in [0.2, 0.25) is 5.91 Å². The van der Waals surface area contributed by atoms with Gasteiger partial charge in [-0.3, -0.25) is 4.79 Å². The lowest BCUT2D eigenvalue weighted by atomic mass is 10.1. The Hall–Kier alpha value is -3.07. The van der Waals surface area contributed by atoms with Gasteiger partial charge in [-0.1, -0.05) is 6.07 Å². The Balaban J connectivity index is 1.43. The van der Waals surface area contributed by atoms with Gasteiger partial charge in [-0.2, -0.15) is 0 Å². The maximum absolute atomic E-state index is 13.0. The van der Waals surface area contributed by atoms with Crippen LogP contribution in [0, 0.1) is 5.82 Å². The number of nitrogens with zero attached hydrogens (tertiary/aromatic N) is 4. The third kappa shape index (κ3) is 4.68. The van der Waals surface area contributed by atoms with Crippen molar-refractivity contribution >= 4 is 34.0 Å². The number of rotatable bonds is 6. The average Bonchev–Trinajstić information content (AvgIpc) is 3.37. The predicted octanol–water partition coefficient (Wildman–Crippen LogP) is 3.69. The molecule has 3 aromatic heterocycles. The molecule has 3 N–H and O–H groups in total. The van der Waals surface area contributed by atoms with Crippen molar-refractivity contribution < 1.29 is 9.18 Å². The molecule has 29 heavy (non-hydrogen) atoms. The molecule has 0 aromatic carbocycles. The Morgan fingerprint density at radius 1 is 1.28 bits per heavy atom. The molecule has 0 saturated carbocycles. The van der Waals surface area contributed by atoms with Gasteiger partial charge in [0.15, 0.2) is 5.13 Å². The molecular formula is C20H21FN6OS. The fourth-order valence-corrected chi connectivity index (χ4v) is 4.07. The normalized spacial score (nSPS) is 16.2. The number of aromatic nitrogens is 3. The first-order chi connectivity index (χ1) is 14.1. The van der Waals surface area contributed by atoms with Crippen LogP contribution in [0.2, 0.25) is 0 Å². The fourth-order valence-electron chi connectivity index (χ4n) is 3.48. The Labute approximate surface area is 171 Å². The quantitative estimate of drug-likeness (QED) is 0.641. The lowest BCUT2D eigenvalue weighted by Crippen LogP contribution is -2.31. The van der Waals surface area contributed by atoms with Gasteiger partial charge in [0.1, 0.15) is 17.5 Å². The summed E-state index contributed by atoms with van der Waals surface area (Å²) in [6.45, 7) is 0.724. The first-order valence-corrected chi connectivity index (χ1v) is 10.3. The number of carbonyl (C=O) groups is 1. The number of nitrogen functional groups attached to an aromatic ring is 1. The zero-order chi connectivity index (χ0) is 20.2. The molecular weight excluding hydrogens is 391 g/mol. The topological polar surface area (TPSA) is 97.0 Å². The Bertz CT molecular complexity index is 993. The molecule has 7 nitrogen and oxygen atoms in total. The van der Waals surface area contributed by atoms with E-state index in [0.29, 0.717) is 29.6 Å². The van der Waals surface area contributed by atoms with Crippen LogP contribution in [0.1, 0.15) is 36.7 Å². The molecule has 9 heteroatoms. The highest BCUT2D eigenvalue weighted by Gasteiger charge is 2.30. The molecule has 1 saturated heterocycles. The zero-order valence-electron chi connectivity index (χ0n) is 15.7. The van der Waals surface area contributed by atoms with E-state index >= 15 is 0 Å². The zero-order valence-corrected chi connectivity index (χ0v) is 16.5. The molecule has 0 bridgehead atoms. The molecule has 1 fully saturated rings. The van der Waals surface area contributed by atoms with E-state index in [9.17, 15) is 9.18 Å². The van der Waals surface area contributed by atoms with Crippen LogP contribution in [-0.4, -0.2) is 32.3 Å². The van der Waals surface area contributed by atoms with Crippen LogP contribution in [0.25, 0.3) is 0 Å². The summed E-state index contributed by atoms with van der Waals surface area (Å²) in [4.78, 5) is 27.6. The number of hydrogen-bond acceptors (Lipinski definition) is 7. The molecule has 1 aliphatic heterocycles. The van der Waals surface area contributed by atoms with Crippen LogP contribution in [-0.2, 0) is 11.2 Å². The maximum Gasteiger partial charge on any atom is 0.223 e. The third-order valence-electron chi connectivity index (χ3n) is 4.83. The lowest BCUT2D eigenvalue weighted by Gasteiger charge is -2.24. The van der Waals surface area contributed by atoms with Crippen molar-refractivity contribution in [3.05, 3.63) is 59.1 Å². The number of aryl methyl sites for hydroxylation is 1. The van der Waals surface area contributed by atoms with Crippen molar-refractivity contribution in [3.63, 3.8) is 0 Å². The SMILES string of the molecule is Nc1nc(CCC(=O)N2CCC[C@H]2c2cccc(Nc3ccc(F)cn3)n2)cs1. The summed E-state index contributed by atoms with van der Waals surface area (Å²) in [7, 11) is 0. The number of nitrogens with one attached hydrogen (secondary N) is 1. The van der Waals surface area contributed by atoms with Crippen molar-refractivity contribution in [2.75, 3.05) is 17.6 Å². The highest BCUT2D eigenvalue weighted by Crippen LogP contribution is 2.32. The first-order valence-electron chi connectivity index (χ1n) is 9.43. The second-order valence-corrected chi connectivity index (χ2v) is 7.75. The number of likely N-dealkylation sites (tertiary alicyclic amines) is 1. The second kappa shape index (κ2) is 8.52. The predicted molar refractivity (Wildman–Crippen MR) is 110 cm³/mol. The number of hydrogen-bond donors (Lipinski definition) is 2. The molecule has 1 aliphatic rings. The molecule has 0 spiro atoms. The molecule has 3 aromatic rings. The number of halogens is 1. The van der Waals surface area contributed by atoms with Crippen molar-refractivity contribution in [3.8, 4) is 0 Å². The van der Waals surface area contributed by atoms with Crippen LogP contribution < -0.4 is 11.1 Å². The first kappa shape index (κ1) is 19.3. The molecule has 0 unspecified atom stereocenters. The second-order valence-electron chi connectivity index (χ2n) is 6.86. The smallest absolute Gasteiger partial charge is 0.223 e. The van der Waals surface area contributed by atoms with Crippen molar-refractivity contribution in [2.45, 2.75) is 31.7 Å². The largest absolute Gasteiger partial charge is 0.375 e. The van der Waals surface area contributed by atoms with Gasteiger partial charge in [-0.05, 0) is 43.5 Å². The number of thiazole rings is 1. The van der Waals surface area contributed by atoms with Crippen LogP contribution in [0.3, 0.4) is 0 Å². The highest BCUT2D eigenvalue weighted by molar-refractivity contribution is 7.13. The summed E-state index contributed by atoms with van der Waals surface area (Å²) < 4.78 is 13.0. The number of anilines is 3. The highest BCUT2D eigenvalue weighted by atomic mass is 32.1. The molecule has 0 radical (unpaired) electrons. The number of amides is 1. The van der Waals surface area contributed by atoms with E-state index in [4.69, 9.17) is 5.73 Å². The monoisotopic (exact) mass is 412 g/mol. The average molecular weight is 412 g/mol. The van der Waals surface area contributed by atoms with Gasteiger partial charge in [0.05, 0.1) is 23.6 Å². The number of nitrogens with two attached hydrogens (primary N) is 1. The fraction of sp³-hybridized carbons (Fsp3) is 0.300. The Morgan fingerprint density at radius 3 is 2.93 bits per heavy atom. The van der Waals surface area contributed by atoms with E-state index in [0.717, 1.165) is 37.0 Å². The molecule has 150 valence electrons. The molecule has 1 amide bonds. The van der Waals surface area contributed by atoms with Gasteiger partial charge in [-0.25, -0.2) is 19.3 Å². The minimum atomic E-state index is -0.391. The van der Waals surface area contributed by atoms with Gasteiger partial charge >= 0.3 is 0 Å². The maximum atomic E-state index is 13.0. The van der Waals surface area contributed by atoms with Gasteiger partial charge in [-0.15, -0.1) is 11.3 Å². The van der Waals surface area contributed by atoms with Gasteiger partial charge in [0, 0.05) is 18.3 Å². The summed E-state index contributed by atoms with van der Waals surface area (Å²) in [6.07, 6.45) is 3.96. The van der Waals surface area contributed by atoms with Crippen molar-refractivity contribution in [1.29, 1.82) is 0 Å². The lowest BCUT2D eigenvalue weighted by molar-refractivity contribution is -0.132. The molecule has 1 atom stereocenters. The number of pyridine rings is 2. The van der Waals surface area contributed by atoms with Crippen LogP contribution in [0.5, 0.6) is 0 Å². The number of carbonyl (C=O) groups excluding carboxylic acids is 1. The van der Waals surface area contributed by atoms with E-state index in [1.807, 2.05) is 28.5 Å². The summed E-state index contributed by atoms with van der Waals surface area (Å²) in [5, 5.41) is 5.49. The van der Waals surface area contributed by atoms with Crippen LogP contribution in [0.15, 0.2) is 41.9 Å². The van der Waals surface area contributed by atoms with E-state index in [1.165, 1.54) is 17.4 Å². The Morgan fingerprint density at radius 2 is 2.17 bits per heavy atom. The van der Waals surface area contributed by atoms with Crippen molar-refractivity contribution in [2.24, 2.45) is 0 Å². The van der Waals surface area contributed by atoms with Crippen LogP contribution >= 0.6 is 11.3 Å². The molecule has 4 rings (SSSR count). The summed E-state index contributed by atoms with van der Waals surface area (Å²) in [5.41, 5.74) is 7.35. The van der Waals surface area contributed by atoms with Gasteiger partial charge < -0.3 is 16.0 Å². The standard InChI is InChI=1S/C20H21FN6OS/c21-13-6-8-17(23-11-13)26-18-5-1-3-15(25-18)16-4-2-10-27(16)19(28)9-7-14-12-29-20(22)24-14/h1,3,5-6,8,11-12,16H,2,4,7,9-10H2,(H2,22,24)(H,23,25,26)/t16-/m0/s1. The van der Waals surface area contributed by atoms with Crippen molar-refractivity contribution in [1.82, 2.24) is 19.9 Å². The minimum Gasteiger partial charge on any atom is -0.375 e. The minimum absolute atomic E-state index is 0.0501. The van der Waals surface area contributed by atoms with E-state index in [-0.39, 0.29) is 11.9 Å². The van der Waals surface area contributed by atoms with Crippen LogP contribution in [0.4, 0.5) is 21.2 Å². The van der Waals surface area contributed by atoms with Gasteiger partial charge in [0.25, 0.3) is 0 Å². The molecule has 4 heterocycles. The summed E-state index contributed by atoms with van der Waals surface area (Å²) >= 11 is 1.39. The third-order valence-corrected chi connectivity index (χ3v) is 5.56. The van der Waals surface area contributed by atoms with E-state index in [2.05, 4.69) is 20.3 Å². The molecule has 0 aliphatic carbocycles.